The van der Waals surface area contributed by atoms with Gasteiger partial charge in [-0.3, -0.25) is 0 Å². The lowest BCUT2D eigenvalue weighted by Gasteiger charge is -2.04. The fraction of sp³-hybridized carbons (Fsp3) is 1.00. The van der Waals surface area contributed by atoms with E-state index in [2.05, 4.69) is 18.9 Å². The minimum absolute atomic E-state index is 1.07. The molecule has 25 heavy (non-hydrogen) atoms. The molecule has 0 aliphatic carbocycles. The molecule has 0 aliphatic rings. The van der Waals surface area contributed by atoms with Crippen LogP contribution in [0.2, 0.25) is 0 Å². The molecule has 0 unspecified atom stereocenters. The molecule has 0 heterocycles. The SMILES string of the molecule is CSCCCCCCCCCCCCCCCCCCCCCCS. The largest absolute Gasteiger partial charge is 0.179 e. The Hall–Kier alpha value is 0.700. The third kappa shape index (κ3) is 24.7. The fourth-order valence-electron chi connectivity index (χ4n) is 3.54. The molecule has 152 valence electrons. The normalized spacial score (nSPS) is 11.3. The van der Waals surface area contributed by atoms with Crippen LogP contribution in [0.25, 0.3) is 0 Å². The molecule has 0 fully saturated rings. The van der Waals surface area contributed by atoms with Crippen LogP contribution in [0.15, 0.2) is 0 Å². The molecule has 0 N–H and O–H groups in total. The summed E-state index contributed by atoms with van der Waals surface area (Å²) < 4.78 is 0. The Labute approximate surface area is 170 Å². The molecule has 0 radical (unpaired) electrons. The number of hydrogen-bond donors (Lipinski definition) is 1. The summed E-state index contributed by atoms with van der Waals surface area (Å²) in [6, 6.07) is 0. The highest BCUT2D eigenvalue weighted by Crippen LogP contribution is 2.15. The van der Waals surface area contributed by atoms with Crippen LogP contribution < -0.4 is 0 Å². The van der Waals surface area contributed by atoms with Gasteiger partial charge in [-0.2, -0.15) is 24.4 Å². The van der Waals surface area contributed by atoms with Crippen LogP contribution in [0, 0.1) is 0 Å². The summed E-state index contributed by atoms with van der Waals surface area (Å²) in [7, 11) is 0. The standard InChI is InChI=1S/C23H48S2/c1-25-23-21-19-17-15-13-11-9-7-5-3-2-4-6-8-10-12-14-16-18-20-22-24/h24H,2-23H2,1H3. The van der Waals surface area contributed by atoms with Gasteiger partial charge in [0.25, 0.3) is 0 Å². The Morgan fingerprint density at radius 2 is 0.640 bits per heavy atom. The number of hydrogen-bond acceptors (Lipinski definition) is 2. The predicted molar refractivity (Wildman–Crippen MR) is 125 cm³/mol. The number of unbranched alkanes of at least 4 members (excludes halogenated alkanes) is 19. The van der Waals surface area contributed by atoms with Crippen LogP contribution in [-0.4, -0.2) is 17.8 Å². The average Bonchev–Trinajstić information content (AvgIpc) is 2.63. The second-order valence-electron chi connectivity index (χ2n) is 7.79. The van der Waals surface area contributed by atoms with Gasteiger partial charge in [0.2, 0.25) is 0 Å². The van der Waals surface area contributed by atoms with Crippen molar-refractivity contribution in [1.82, 2.24) is 0 Å². The molecule has 0 aromatic heterocycles. The van der Waals surface area contributed by atoms with Gasteiger partial charge in [-0.1, -0.05) is 116 Å². The molecule has 0 atom stereocenters. The summed E-state index contributed by atoms with van der Waals surface area (Å²) in [5.41, 5.74) is 0. The zero-order valence-corrected chi connectivity index (χ0v) is 19.1. The molecule has 0 saturated carbocycles. The van der Waals surface area contributed by atoms with Crippen molar-refractivity contribution < 1.29 is 0 Å². The molecular weight excluding hydrogens is 340 g/mol. The van der Waals surface area contributed by atoms with E-state index in [0.29, 0.717) is 0 Å². The van der Waals surface area contributed by atoms with Crippen LogP contribution in [0.5, 0.6) is 0 Å². The molecular formula is C23H48S2. The van der Waals surface area contributed by atoms with Crippen molar-refractivity contribution in [2.45, 2.75) is 128 Å². The van der Waals surface area contributed by atoms with E-state index in [1.54, 1.807) is 0 Å². The van der Waals surface area contributed by atoms with Gasteiger partial charge in [0.1, 0.15) is 0 Å². The van der Waals surface area contributed by atoms with E-state index in [0.717, 1.165) is 5.75 Å². The summed E-state index contributed by atoms with van der Waals surface area (Å²) in [5, 5.41) is 0. The van der Waals surface area contributed by atoms with E-state index >= 15 is 0 Å². The Bertz CT molecular complexity index is 196. The van der Waals surface area contributed by atoms with Gasteiger partial charge < -0.3 is 0 Å². The van der Waals surface area contributed by atoms with Gasteiger partial charge in [-0.15, -0.1) is 0 Å². The Morgan fingerprint density at radius 1 is 0.400 bits per heavy atom. The van der Waals surface area contributed by atoms with E-state index in [1.165, 1.54) is 134 Å². The van der Waals surface area contributed by atoms with Crippen molar-refractivity contribution in [3.8, 4) is 0 Å². The zero-order chi connectivity index (χ0) is 18.3. The lowest BCUT2D eigenvalue weighted by molar-refractivity contribution is 0.523. The smallest absolute Gasteiger partial charge is 0.00703 e. The minimum atomic E-state index is 1.07. The van der Waals surface area contributed by atoms with E-state index < -0.39 is 0 Å². The molecule has 0 nitrogen and oxygen atoms in total. The number of thiol groups is 1. The van der Waals surface area contributed by atoms with Crippen LogP contribution in [0.4, 0.5) is 0 Å². The summed E-state index contributed by atoms with van der Waals surface area (Å²) >= 11 is 6.25. The summed E-state index contributed by atoms with van der Waals surface area (Å²) in [4.78, 5) is 0. The van der Waals surface area contributed by atoms with E-state index in [9.17, 15) is 0 Å². The highest BCUT2D eigenvalue weighted by atomic mass is 32.2. The second-order valence-corrected chi connectivity index (χ2v) is 9.22. The number of rotatable bonds is 22. The Balaban J connectivity index is 2.94. The van der Waals surface area contributed by atoms with Gasteiger partial charge in [0.15, 0.2) is 0 Å². The first-order valence-corrected chi connectivity index (χ1v) is 13.5. The van der Waals surface area contributed by atoms with Crippen molar-refractivity contribution in [2.75, 3.05) is 17.8 Å². The quantitative estimate of drug-likeness (QED) is 0.142. The van der Waals surface area contributed by atoms with Gasteiger partial charge in [0.05, 0.1) is 0 Å². The third-order valence-electron chi connectivity index (χ3n) is 5.26. The van der Waals surface area contributed by atoms with E-state index in [1.807, 2.05) is 11.8 Å². The first-order valence-electron chi connectivity index (χ1n) is 11.5. The Kier molecular flexibility index (Phi) is 25.4. The third-order valence-corrected chi connectivity index (χ3v) is 6.27. The first-order chi connectivity index (χ1) is 12.4. The van der Waals surface area contributed by atoms with E-state index in [-0.39, 0.29) is 0 Å². The topological polar surface area (TPSA) is 0 Å². The maximum atomic E-state index is 4.26. The van der Waals surface area contributed by atoms with Crippen LogP contribution in [-0.2, 0) is 0 Å². The van der Waals surface area contributed by atoms with Gasteiger partial charge in [-0.25, -0.2) is 0 Å². The van der Waals surface area contributed by atoms with Crippen LogP contribution >= 0.6 is 24.4 Å². The predicted octanol–water partition coefficient (Wildman–Crippen LogP) is 9.08. The first kappa shape index (κ1) is 25.7. The van der Waals surface area contributed by atoms with Crippen LogP contribution in [0.1, 0.15) is 128 Å². The van der Waals surface area contributed by atoms with Crippen molar-refractivity contribution >= 4 is 24.4 Å². The van der Waals surface area contributed by atoms with Crippen molar-refractivity contribution in [1.29, 1.82) is 0 Å². The molecule has 0 saturated heterocycles. The van der Waals surface area contributed by atoms with Gasteiger partial charge >= 0.3 is 0 Å². The summed E-state index contributed by atoms with van der Waals surface area (Å²) in [6.45, 7) is 0. The summed E-state index contributed by atoms with van der Waals surface area (Å²) in [6.07, 6.45) is 31.4. The maximum absolute atomic E-state index is 4.26. The fourth-order valence-corrected chi connectivity index (χ4v) is 4.26. The van der Waals surface area contributed by atoms with Crippen molar-refractivity contribution in [2.24, 2.45) is 0 Å². The molecule has 0 aromatic carbocycles. The molecule has 0 rings (SSSR count). The molecule has 0 amide bonds. The average molecular weight is 389 g/mol. The molecule has 0 aliphatic heterocycles. The Morgan fingerprint density at radius 3 is 0.880 bits per heavy atom. The summed E-state index contributed by atoms with van der Waals surface area (Å²) in [5.74, 6) is 2.43. The number of thioether (sulfide) groups is 1. The maximum Gasteiger partial charge on any atom is -0.00703 e. The minimum Gasteiger partial charge on any atom is -0.179 e. The van der Waals surface area contributed by atoms with Crippen molar-refractivity contribution in [3.05, 3.63) is 0 Å². The molecule has 0 bridgehead atoms. The molecule has 0 spiro atoms. The monoisotopic (exact) mass is 388 g/mol. The molecule has 0 aromatic rings. The van der Waals surface area contributed by atoms with Crippen LogP contribution in [0.3, 0.4) is 0 Å². The second kappa shape index (κ2) is 24.7. The zero-order valence-electron chi connectivity index (χ0n) is 17.4. The van der Waals surface area contributed by atoms with Gasteiger partial charge in [0, 0.05) is 0 Å². The lowest BCUT2D eigenvalue weighted by atomic mass is 10.0. The highest BCUT2D eigenvalue weighted by molar-refractivity contribution is 7.98. The van der Waals surface area contributed by atoms with Gasteiger partial charge in [-0.05, 0) is 30.6 Å². The van der Waals surface area contributed by atoms with E-state index in [4.69, 9.17) is 0 Å². The lowest BCUT2D eigenvalue weighted by Crippen LogP contribution is -1.85. The van der Waals surface area contributed by atoms with Crippen molar-refractivity contribution in [3.63, 3.8) is 0 Å². The molecule has 2 heteroatoms. The highest BCUT2D eigenvalue weighted by Gasteiger charge is 1.95.